The number of carbonyl (C=O) groups excluding carboxylic acids is 2. The van der Waals surface area contributed by atoms with Crippen LogP contribution in [-0.2, 0) is 9.53 Å². The molecule has 0 bridgehead atoms. The summed E-state index contributed by atoms with van der Waals surface area (Å²) in [4.78, 5) is 26.5. The topological polar surface area (TPSA) is 61.9 Å². The van der Waals surface area contributed by atoms with Crippen LogP contribution in [0.2, 0.25) is 0 Å². The molecule has 26 heavy (non-hydrogen) atoms. The molecule has 2 amide bonds. The van der Waals surface area contributed by atoms with Gasteiger partial charge in [-0.05, 0) is 36.0 Å². The Hall–Kier alpha value is -2.57. The van der Waals surface area contributed by atoms with E-state index in [1.807, 2.05) is 6.08 Å². The van der Waals surface area contributed by atoms with Gasteiger partial charge in [0.25, 0.3) is 0 Å². The minimum Gasteiger partial charge on any atom is -0.442 e. The molecule has 1 saturated carbocycles. The predicted molar refractivity (Wildman–Crippen MR) is 95.6 cm³/mol. The van der Waals surface area contributed by atoms with Crippen molar-refractivity contribution in [1.29, 1.82) is 0 Å². The highest BCUT2D eigenvalue weighted by Crippen LogP contribution is 2.53. The third-order valence-corrected chi connectivity index (χ3v) is 5.57. The lowest BCUT2D eigenvalue weighted by Gasteiger charge is -2.23. The minimum atomic E-state index is -0.524. The van der Waals surface area contributed by atoms with Gasteiger partial charge in [-0.3, -0.25) is 9.69 Å². The summed E-state index contributed by atoms with van der Waals surface area (Å²) in [5.74, 6) is 1.24. The van der Waals surface area contributed by atoms with Gasteiger partial charge in [0.05, 0.1) is 24.5 Å². The third-order valence-electron chi connectivity index (χ3n) is 5.57. The Balaban J connectivity index is 1.42. The number of allylic oxidation sites excluding steroid dienone is 1. The summed E-state index contributed by atoms with van der Waals surface area (Å²) in [5, 5.41) is 2.62. The summed E-state index contributed by atoms with van der Waals surface area (Å²) in [5.41, 5.74) is 1.04. The molecule has 4 atom stereocenters. The van der Waals surface area contributed by atoms with E-state index in [0.29, 0.717) is 29.1 Å². The number of anilines is 2. The van der Waals surface area contributed by atoms with Crippen molar-refractivity contribution in [3.8, 4) is 0 Å². The number of nitrogens with one attached hydrogen (secondary N) is 1. The van der Waals surface area contributed by atoms with Gasteiger partial charge in [-0.15, -0.1) is 6.58 Å². The maximum atomic E-state index is 14.7. The molecule has 1 aromatic rings. The summed E-state index contributed by atoms with van der Waals surface area (Å²) >= 11 is 0. The first-order chi connectivity index (χ1) is 12.5. The highest BCUT2D eigenvalue weighted by atomic mass is 19.1. The van der Waals surface area contributed by atoms with Crippen molar-refractivity contribution in [2.45, 2.75) is 13.0 Å². The van der Waals surface area contributed by atoms with Crippen molar-refractivity contribution in [1.82, 2.24) is 5.32 Å². The zero-order valence-electron chi connectivity index (χ0n) is 14.7. The molecule has 0 aromatic heterocycles. The maximum Gasteiger partial charge on any atom is 0.414 e. The first kappa shape index (κ1) is 16.9. The molecule has 4 rings (SSSR count). The molecule has 2 saturated heterocycles. The molecule has 1 N–H and O–H groups in total. The van der Waals surface area contributed by atoms with Crippen LogP contribution in [0.5, 0.6) is 0 Å². The molecular formula is C19H22FN3O3. The van der Waals surface area contributed by atoms with E-state index < -0.39 is 12.2 Å². The third kappa shape index (κ3) is 2.91. The lowest BCUT2D eigenvalue weighted by Crippen LogP contribution is -2.33. The molecule has 2 heterocycles. The van der Waals surface area contributed by atoms with Gasteiger partial charge in [-0.25, -0.2) is 9.18 Å². The van der Waals surface area contributed by atoms with Crippen LogP contribution in [0.1, 0.15) is 6.92 Å². The second-order valence-corrected chi connectivity index (χ2v) is 7.23. The number of hydrogen-bond acceptors (Lipinski definition) is 4. The summed E-state index contributed by atoms with van der Waals surface area (Å²) in [6.45, 7) is 7.48. The van der Waals surface area contributed by atoms with Crippen LogP contribution >= 0.6 is 0 Å². The van der Waals surface area contributed by atoms with Crippen LogP contribution in [0.25, 0.3) is 0 Å². The lowest BCUT2D eigenvalue weighted by atomic mass is 10.2. The largest absolute Gasteiger partial charge is 0.442 e. The Labute approximate surface area is 151 Å². The molecule has 3 aliphatic rings. The molecule has 0 spiro atoms. The van der Waals surface area contributed by atoms with Crippen LogP contribution in [-0.4, -0.2) is 44.3 Å². The number of fused-ring (bicyclic) bond motifs is 1. The number of rotatable bonds is 5. The Morgan fingerprint density at radius 1 is 1.38 bits per heavy atom. The van der Waals surface area contributed by atoms with E-state index in [9.17, 15) is 14.0 Å². The normalized spacial score (nSPS) is 29.4. The van der Waals surface area contributed by atoms with E-state index in [0.717, 1.165) is 13.1 Å². The van der Waals surface area contributed by atoms with E-state index in [1.54, 1.807) is 12.1 Å². The highest BCUT2D eigenvalue weighted by Gasteiger charge is 2.54. The molecule has 7 heteroatoms. The molecule has 6 nitrogen and oxygen atoms in total. The summed E-state index contributed by atoms with van der Waals surface area (Å²) < 4.78 is 19.9. The molecule has 2 aliphatic heterocycles. The van der Waals surface area contributed by atoms with Gasteiger partial charge in [-0.2, -0.15) is 0 Å². The predicted octanol–water partition coefficient (Wildman–Crippen LogP) is 2.16. The fourth-order valence-corrected chi connectivity index (χ4v) is 4.14. The fourth-order valence-electron chi connectivity index (χ4n) is 4.14. The van der Waals surface area contributed by atoms with E-state index in [2.05, 4.69) is 16.8 Å². The van der Waals surface area contributed by atoms with Crippen LogP contribution in [0.4, 0.5) is 20.6 Å². The zero-order valence-corrected chi connectivity index (χ0v) is 14.7. The van der Waals surface area contributed by atoms with Gasteiger partial charge in [0.1, 0.15) is 11.9 Å². The SMILES string of the molecule is C=CC1[C@H]2CN(c3ccc(N4C[C@H](CNC(C)=O)OC4=O)cc3F)C[C@@H]12. The van der Waals surface area contributed by atoms with Crippen molar-refractivity contribution in [2.75, 3.05) is 36.0 Å². The number of piperidine rings is 1. The lowest BCUT2D eigenvalue weighted by molar-refractivity contribution is -0.119. The smallest absolute Gasteiger partial charge is 0.414 e. The van der Waals surface area contributed by atoms with Gasteiger partial charge in [0.2, 0.25) is 5.91 Å². The van der Waals surface area contributed by atoms with Gasteiger partial charge >= 0.3 is 6.09 Å². The molecule has 1 aliphatic carbocycles. The Bertz CT molecular complexity index is 756. The second kappa shape index (κ2) is 6.30. The average molecular weight is 359 g/mol. The summed E-state index contributed by atoms with van der Waals surface area (Å²) in [7, 11) is 0. The average Bonchev–Trinajstić information content (AvgIpc) is 2.93. The van der Waals surface area contributed by atoms with E-state index >= 15 is 0 Å². The monoisotopic (exact) mass is 359 g/mol. The first-order valence-corrected chi connectivity index (χ1v) is 8.87. The maximum absolute atomic E-state index is 14.7. The number of amides is 2. The summed E-state index contributed by atoms with van der Waals surface area (Å²) in [6, 6.07) is 4.86. The van der Waals surface area contributed by atoms with E-state index in [4.69, 9.17) is 4.74 Å². The molecule has 1 aromatic carbocycles. The number of carbonyl (C=O) groups is 2. The van der Waals surface area contributed by atoms with Crippen molar-refractivity contribution >= 4 is 23.4 Å². The van der Waals surface area contributed by atoms with Crippen LogP contribution in [0.3, 0.4) is 0 Å². The standard InChI is InChI=1S/C19H22FN3O3/c1-3-14-15-9-22(10-16(14)15)18-5-4-12(6-17(18)20)23-8-13(26-19(23)25)7-21-11(2)24/h3-6,13-16H,1,7-10H2,2H3,(H,21,24)/t13-,14?,15-,16+/m0/s1. The van der Waals surface area contributed by atoms with E-state index in [-0.39, 0.29) is 24.8 Å². The molecular weight excluding hydrogens is 337 g/mol. The Morgan fingerprint density at radius 3 is 2.73 bits per heavy atom. The van der Waals surface area contributed by atoms with Crippen molar-refractivity contribution < 1.29 is 18.7 Å². The highest BCUT2D eigenvalue weighted by molar-refractivity contribution is 5.90. The number of ether oxygens (including phenoxy) is 1. The van der Waals surface area contributed by atoms with Crippen molar-refractivity contribution in [2.24, 2.45) is 17.8 Å². The quantitative estimate of drug-likeness (QED) is 0.819. The molecule has 0 radical (unpaired) electrons. The van der Waals surface area contributed by atoms with Crippen molar-refractivity contribution in [3.63, 3.8) is 0 Å². The number of halogens is 1. The molecule has 138 valence electrons. The van der Waals surface area contributed by atoms with E-state index in [1.165, 1.54) is 17.9 Å². The van der Waals surface area contributed by atoms with Crippen LogP contribution < -0.4 is 15.1 Å². The Morgan fingerprint density at radius 2 is 2.12 bits per heavy atom. The van der Waals surface area contributed by atoms with Gasteiger partial charge in [0.15, 0.2) is 0 Å². The van der Waals surface area contributed by atoms with Crippen LogP contribution in [0.15, 0.2) is 30.9 Å². The number of hydrogen-bond donors (Lipinski definition) is 1. The zero-order chi connectivity index (χ0) is 18.4. The van der Waals surface area contributed by atoms with Gasteiger partial charge < -0.3 is 15.0 Å². The summed E-state index contributed by atoms with van der Waals surface area (Å²) in [6.07, 6.45) is 1.04. The minimum absolute atomic E-state index is 0.183. The number of cyclic esters (lactones) is 1. The number of benzene rings is 1. The molecule has 1 unspecified atom stereocenters. The van der Waals surface area contributed by atoms with Gasteiger partial charge in [0, 0.05) is 20.0 Å². The first-order valence-electron chi connectivity index (χ1n) is 8.87. The van der Waals surface area contributed by atoms with Crippen LogP contribution in [0, 0.1) is 23.6 Å². The second-order valence-electron chi connectivity index (χ2n) is 7.23. The number of nitrogens with zero attached hydrogens (tertiary/aromatic N) is 2. The van der Waals surface area contributed by atoms with Crippen molar-refractivity contribution in [3.05, 3.63) is 36.7 Å². The van der Waals surface area contributed by atoms with Gasteiger partial charge in [-0.1, -0.05) is 6.08 Å². The Kier molecular flexibility index (Phi) is 4.09. The fraction of sp³-hybridized carbons (Fsp3) is 0.474. The molecule has 3 fully saturated rings.